The van der Waals surface area contributed by atoms with E-state index in [4.69, 9.17) is 36.7 Å². The third kappa shape index (κ3) is 18.6. The number of hydrogen-bond acceptors (Lipinski definition) is 22. The highest BCUT2D eigenvalue weighted by Crippen LogP contribution is 2.39. The number of amides is 7. The molecule has 0 unspecified atom stereocenters. The molecule has 3 saturated heterocycles. The SMILES string of the molecule is CN(C)C1CN(C(N)=O)C1.CN(C)C1CNC1.CNC(=O)c1nnc(NC(=O)N2CC(N(C)C)C2)cc1Nc1cccc(-c2ncn(C)n2)c1OC.NC(=O)Oc1ccccc1.[2H]C([2H])([2H])NC(=O)c1nnc(Cl)cc1Nc1cccc(-c2ncn(C)n2)c1OC. The first-order valence-electron chi connectivity index (χ1n) is 28.6. The zero-order valence-corrected chi connectivity index (χ0v) is 51.4. The molecule has 0 saturated carbocycles. The van der Waals surface area contributed by atoms with E-state index in [0.717, 1.165) is 19.1 Å². The molecule has 10 rings (SSSR count). The van der Waals surface area contributed by atoms with Crippen molar-refractivity contribution >= 4 is 70.1 Å². The van der Waals surface area contributed by atoms with Gasteiger partial charge in [-0.3, -0.25) is 24.3 Å². The highest BCUT2D eigenvalue weighted by atomic mass is 35.5. The number of likely N-dealkylation sites (N-methyl/N-ethyl adjacent to an activating group) is 3. The van der Waals surface area contributed by atoms with E-state index in [0.29, 0.717) is 82.3 Å². The molecule has 0 aliphatic carbocycles. The largest absolute Gasteiger partial charge is 0.494 e. The second-order valence-corrected chi connectivity index (χ2v) is 20.7. The number of halogens is 1. The van der Waals surface area contributed by atoms with Crippen molar-refractivity contribution in [1.82, 2.24) is 90.4 Å². The maximum Gasteiger partial charge on any atom is 0.409 e. The van der Waals surface area contributed by atoms with Crippen LogP contribution < -0.4 is 57.6 Å². The van der Waals surface area contributed by atoms with Gasteiger partial charge >= 0.3 is 18.2 Å². The molecule has 88 heavy (non-hydrogen) atoms. The molecule has 7 amide bonds. The van der Waals surface area contributed by atoms with Crippen LogP contribution in [-0.4, -0.2) is 232 Å². The van der Waals surface area contributed by atoms with Gasteiger partial charge in [0.2, 0.25) is 0 Å². The van der Waals surface area contributed by atoms with Gasteiger partial charge in [-0.05, 0) is 78.7 Å². The smallest absolute Gasteiger partial charge is 0.409 e. The number of anilines is 5. The summed E-state index contributed by atoms with van der Waals surface area (Å²) in [6.45, 7) is 2.47. The van der Waals surface area contributed by atoms with Gasteiger partial charge in [-0.1, -0.05) is 41.9 Å². The summed E-state index contributed by atoms with van der Waals surface area (Å²) in [6.07, 6.45) is 2.36. The van der Waals surface area contributed by atoms with Crippen LogP contribution in [0.2, 0.25) is 5.15 Å². The first kappa shape index (κ1) is 62.7. The standard InChI is InChI=1S/C22H28N10O3.C16H16ClN7O2.C7H7NO2.C6H13N3O.C5H12N2/c1-23-21(33)18-16(9-17(27-28-18)26-22(34)32-10-13(11-32)30(2)3)25-15-8-6-7-14(19(15)35-5)20-24-12-31(4)29-20;1-18-16(25)13-11(7-12(17)21-22-13)20-10-6-4-5-9(14(10)26-3)15-19-8-24(2)23-15;8-7(9)10-6-4-2-1-3-5-6;1-8(2)5-3-9(4-5)6(7)10;1-7(2)5-3-6-4-5/h6-9,12-13H,10-11H2,1-5H3,(H,23,33)(H2,25,26,27,34);4-8H,1-3H3,(H,18,25)(H,20,21);1-5H,(H2,8,9);5H,3-4H2,1-2H3,(H2,7,10);5-6H,3-4H2,1-2H3/i;1D3;;;. The molecule has 7 aromatic rings. The van der Waals surface area contributed by atoms with Crippen molar-refractivity contribution in [3.63, 3.8) is 0 Å². The highest BCUT2D eigenvalue weighted by molar-refractivity contribution is 6.29. The lowest BCUT2D eigenvalue weighted by Crippen LogP contribution is -2.60. The molecular formula is C56H76ClN23O8. The molecule has 31 nitrogen and oxygen atoms in total. The number of aromatic nitrogens is 10. The normalized spacial score (nSPS) is 14.1. The van der Waals surface area contributed by atoms with E-state index in [1.54, 1.807) is 101 Å². The molecule has 3 aliphatic heterocycles. The van der Waals surface area contributed by atoms with E-state index in [-0.39, 0.29) is 40.1 Å². The summed E-state index contributed by atoms with van der Waals surface area (Å²) in [5.74, 6) is 1.14. The van der Waals surface area contributed by atoms with Crippen LogP contribution in [0, 0.1) is 0 Å². The fourth-order valence-corrected chi connectivity index (χ4v) is 8.29. The quantitative estimate of drug-likeness (QED) is 0.0731. The summed E-state index contributed by atoms with van der Waals surface area (Å²) in [6, 6.07) is 23.3. The van der Waals surface area contributed by atoms with Gasteiger partial charge in [-0.2, -0.15) is 10.2 Å². The summed E-state index contributed by atoms with van der Waals surface area (Å²) >= 11 is 5.91. The molecule has 32 heteroatoms. The van der Waals surface area contributed by atoms with Crippen LogP contribution in [0.3, 0.4) is 0 Å². The Morgan fingerprint density at radius 1 is 0.636 bits per heavy atom. The van der Waals surface area contributed by atoms with Gasteiger partial charge in [0.25, 0.3) is 11.8 Å². The number of carbonyl (C=O) groups excluding carboxylic acids is 5. The first-order chi connectivity index (χ1) is 43.2. The van der Waals surface area contributed by atoms with Crippen LogP contribution in [0.5, 0.6) is 17.2 Å². The number of nitrogens with two attached hydrogens (primary N) is 2. The number of carbonyl (C=O) groups is 5. The van der Waals surface area contributed by atoms with Crippen molar-refractivity contribution < 1.29 is 42.3 Å². The van der Waals surface area contributed by atoms with E-state index in [1.807, 2.05) is 51.7 Å². The lowest BCUT2D eigenvalue weighted by molar-refractivity contribution is 0.0919. The predicted octanol–water partition coefficient (Wildman–Crippen LogP) is 3.17. The number of benzene rings is 3. The number of hydrogen-bond donors (Lipinski definition) is 8. The molecule has 0 radical (unpaired) electrons. The number of primary amides is 2. The van der Waals surface area contributed by atoms with Gasteiger partial charge < -0.3 is 76.8 Å². The van der Waals surface area contributed by atoms with Gasteiger partial charge in [0, 0.05) is 102 Å². The van der Waals surface area contributed by atoms with E-state index >= 15 is 0 Å². The number of ether oxygens (including phenoxy) is 3. The fourth-order valence-electron chi connectivity index (χ4n) is 8.14. The molecule has 3 aliphatic rings. The van der Waals surface area contributed by atoms with Gasteiger partial charge in [-0.25, -0.2) is 24.4 Å². The second-order valence-electron chi connectivity index (χ2n) is 20.3. The maximum atomic E-state index is 12.6. The van der Waals surface area contributed by atoms with E-state index in [9.17, 15) is 24.0 Å². The molecule has 0 bridgehead atoms. The summed E-state index contributed by atoms with van der Waals surface area (Å²) in [5, 5.41) is 40.6. The minimum atomic E-state index is -2.68. The monoisotopic (exact) mass is 1240 g/mol. The summed E-state index contributed by atoms with van der Waals surface area (Å²) in [4.78, 5) is 76.3. The summed E-state index contributed by atoms with van der Waals surface area (Å²) < 4.78 is 40.5. The molecule has 470 valence electrons. The van der Waals surface area contributed by atoms with Crippen molar-refractivity contribution in [2.75, 3.05) is 126 Å². The van der Waals surface area contributed by atoms with Crippen LogP contribution >= 0.6 is 11.6 Å². The van der Waals surface area contributed by atoms with Gasteiger partial charge in [0.1, 0.15) is 18.4 Å². The third-order valence-corrected chi connectivity index (χ3v) is 13.6. The second kappa shape index (κ2) is 32.1. The Kier molecular flexibility index (Phi) is 22.9. The topological polar surface area (TPSA) is 366 Å². The molecule has 10 N–H and O–H groups in total. The van der Waals surface area contributed by atoms with Crippen LogP contribution in [0.15, 0.2) is 91.5 Å². The Balaban J connectivity index is 0.000000207. The average Bonchev–Trinajstić information content (AvgIpc) is 1.78. The molecule has 4 aromatic heterocycles. The minimum Gasteiger partial charge on any atom is -0.494 e. The van der Waals surface area contributed by atoms with E-state index < -0.39 is 24.9 Å². The van der Waals surface area contributed by atoms with Crippen molar-refractivity contribution in [3.05, 3.63) is 108 Å². The number of nitrogens with one attached hydrogen (secondary N) is 6. The first-order valence-corrected chi connectivity index (χ1v) is 27.4. The van der Waals surface area contributed by atoms with Crippen molar-refractivity contribution in [2.45, 2.75) is 18.1 Å². The van der Waals surface area contributed by atoms with E-state index in [1.165, 1.54) is 40.4 Å². The molecule has 3 aromatic carbocycles. The number of aryl methyl sites for hydroxylation is 2. The molecule has 0 spiro atoms. The van der Waals surface area contributed by atoms with Crippen molar-refractivity contribution in [3.8, 4) is 40.0 Å². The van der Waals surface area contributed by atoms with Crippen LogP contribution in [-0.2, 0) is 14.1 Å². The zero-order valence-electron chi connectivity index (χ0n) is 53.6. The van der Waals surface area contributed by atoms with Crippen LogP contribution in [0.1, 0.15) is 25.1 Å². The Bertz CT molecular complexity index is 3580. The number of nitrogens with zero attached hydrogens (tertiary/aromatic N) is 15. The summed E-state index contributed by atoms with van der Waals surface area (Å²) in [7, 11) is 20.2. The molecule has 0 atom stereocenters. The Morgan fingerprint density at radius 3 is 1.53 bits per heavy atom. The zero-order chi connectivity index (χ0) is 66.7. The van der Waals surface area contributed by atoms with Crippen molar-refractivity contribution in [1.29, 1.82) is 0 Å². The number of likely N-dealkylation sites (tertiary alicyclic amines) is 2. The Labute approximate surface area is 518 Å². The lowest BCUT2D eigenvalue weighted by Gasteiger charge is -2.42. The molecular weight excluding hydrogens is 1160 g/mol. The average molecular weight is 1240 g/mol. The van der Waals surface area contributed by atoms with Crippen LogP contribution in [0.4, 0.5) is 43.0 Å². The number of rotatable bonds is 15. The highest BCUT2D eigenvalue weighted by Gasteiger charge is 2.33. The third-order valence-electron chi connectivity index (χ3n) is 13.5. The van der Waals surface area contributed by atoms with Gasteiger partial charge in [0.05, 0.1) is 48.1 Å². The predicted molar refractivity (Wildman–Crippen MR) is 332 cm³/mol. The van der Waals surface area contributed by atoms with Crippen molar-refractivity contribution in [2.24, 2.45) is 25.6 Å². The van der Waals surface area contributed by atoms with E-state index in [2.05, 4.69) is 101 Å². The lowest BCUT2D eigenvalue weighted by atomic mass is 10.1. The summed E-state index contributed by atoms with van der Waals surface area (Å²) in [5.41, 5.74) is 12.4. The Hall–Kier alpha value is -9.82. The molecule has 3 fully saturated rings. The maximum absolute atomic E-state index is 12.6. The fraction of sp³-hybridized carbons (Fsp3) is 0.375. The van der Waals surface area contributed by atoms with Crippen LogP contribution in [0.25, 0.3) is 22.8 Å². The molecule has 7 heterocycles. The van der Waals surface area contributed by atoms with Gasteiger partial charge in [0.15, 0.2) is 45.5 Å². The number of methoxy groups -OCH3 is 2. The van der Waals surface area contributed by atoms with Gasteiger partial charge in [-0.15, -0.1) is 20.4 Å². The minimum absolute atomic E-state index is 0.0134. The Morgan fingerprint density at radius 2 is 1.12 bits per heavy atom. The number of urea groups is 2. The number of para-hydroxylation sites is 3.